The van der Waals surface area contributed by atoms with Crippen molar-refractivity contribution < 1.29 is 9.13 Å². The first-order valence-corrected chi connectivity index (χ1v) is 6.63. The highest BCUT2D eigenvalue weighted by Gasteiger charge is 2.10. The smallest absolute Gasteiger partial charge is 0.123 e. The van der Waals surface area contributed by atoms with Crippen LogP contribution >= 0.6 is 0 Å². The molecule has 0 aliphatic carbocycles. The molecule has 0 saturated carbocycles. The molecule has 1 aromatic heterocycles. The van der Waals surface area contributed by atoms with Crippen molar-refractivity contribution >= 4 is 0 Å². The number of nitrogens with zero attached hydrogens (tertiary/aromatic N) is 2. The number of methoxy groups -OCH3 is 1. The van der Waals surface area contributed by atoms with Gasteiger partial charge in [-0.3, -0.25) is 0 Å². The lowest BCUT2D eigenvalue weighted by Gasteiger charge is -2.12. The molecule has 0 atom stereocenters. The first kappa shape index (κ1) is 14.7. The van der Waals surface area contributed by atoms with Gasteiger partial charge in [0.25, 0.3) is 0 Å². The molecule has 0 bridgehead atoms. The number of ether oxygens (including phenoxy) is 1. The van der Waals surface area contributed by atoms with E-state index in [1.165, 1.54) is 6.07 Å². The Kier molecular flexibility index (Phi) is 4.87. The molecular formula is C15H20FN3O. The Labute approximate surface area is 118 Å². The summed E-state index contributed by atoms with van der Waals surface area (Å²) in [5, 5.41) is 7.69. The number of halogens is 1. The van der Waals surface area contributed by atoms with Gasteiger partial charge in [-0.05, 0) is 43.7 Å². The Morgan fingerprint density at radius 2 is 2.10 bits per heavy atom. The molecule has 4 nitrogen and oxygen atoms in total. The third kappa shape index (κ3) is 3.43. The van der Waals surface area contributed by atoms with Gasteiger partial charge in [-0.1, -0.05) is 0 Å². The molecule has 2 aromatic rings. The van der Waals surface area contributed by atoms with Gasteiger partial charge in [0, 0.05) is 25.9 Å². The van der Waals surface area contributed by atoms with Gasteiger partial charge in [-0.15, -0.1) is 0 Å². The van der Waals surface area contributed by atoms with E-state index in [1.54, 1.807) is 19.2 Å². The molecule has 5 heteroatoms. The van der Waals surface area contributed by atoms with Crippen molar-refractivity contribution in [3.8, 4) is 5.69 Å². The van der Waals surface area contributed by atoms with Gasteiger partial charge < -0.3 is 10.1 Å². The summed E-state index contributed by atoms with van der Waals surface area (Å²) >= 11 is 0. The number of hydrogen-bond acceptors (Lipinski definition) is 3. The number of rotatable bonds is 6. The van der Waals surface area contributed by atoms with Crippen molar-refractivity contribution in [2.45, 2.75) is 20.4 Å². The van der Waals surface area contributed by atoms with E-state index in [2.05, 4.69) is 10.4 Å². The van der Waals surface area contributed by atoms with Crippen molar-refractivity contribution in [3.63, 3.8) is 0 Å². The Morgan fingerprint density at radius 1 is 1.30 bits per heavy atom. The highest BCUT2D eigenvalue weighted by molar-refractivity contribution is 5.42. The van der Waals surface area contributed by atoms with Gasteiger partial charge in [-0.2, -0.15) is 5.10 Å². The van der Waals surface area contributed by atoms with Crippen LogP contribution in [0.25, 0.3) is 5.69 Å². The molecule has 108 valence electrons. The summed E-state index contributed by atoms with van der Waals surface area (Å²) in [5.74, 6) is -0.237. The SMILES string of the molecule is COCCNCc1cc(F)ccc1-n1nc(C)cc1C. The van der Waals surface area contributed by atoms with Gasteiger partial charge in [0.2, 0.25) is 0 Å². The van der Waals surface area contributed by atoms with Crippen LogP contribution < -0.4 is 5.32 Å². The lowest BCUT2D eigenvalue weighted by Crippen LogP contribution is -2.20. The maximum atomic E-state index is 13.5. The molecule has 20 heavy (non-hydrogen) atoms. The topological polar surface area (TPSA) is 39.1 Å². The van der Waals surface area contributed by atoms with Crippen molar-refractivity contribution in [2.24, 2.45) is 0 Å². The Morgan fingerprint density at radius 3 is 2.75 bits per heavy atom. The zero-order valence-electron chi connectivity index (χ0n) is 12.1. The summed E-state index contributed by atoms with van der Waals surface area (Å²) in [7, 11) is 1.66. The fourth-order valence-electron chi connectivity index (χ4n) is 2.17. The van der Waals surface area contributed by atoms with Crippen LogP contribution in [-0.4, -0.2) is 30.0 Å². The predicted octanol–water partition coefficient (Wildman–Crippen LogP) is 2.36. The fraction of sp³-hybridized carbons (Fsp3) is 0.400. The lowest BCUT2D eigenvalue weighted by molar-refractivity contribution is 0.199. The number of aryl methyl sites for hydroxylation is 2. The highest BCUT2D eigenvalue weighted by atomic mass is 19.1. The molecule has 0 aliphatic heterocycles. The third-order valence-electron chi connectivity index (χ3n) is 3.08. The van der Waals surface area contributed by atoms with E-state index in [9.17, 15) is 4.39 Å². The summed E-state index contributed by atoms with van der Waals surface area (Å²) in [5.41, 5.74) is 3.77. The van der Waals surface area contributed by atoms with Crippen LogP contribution in [0.5, 0.6) is 0 Å². The van der Waals surface area contributed by atoms with Crippen LogP contribution in [0.1, 0.15) is 17.0 Å². The minimum Gasteiger partial charge on any atom is -0.383 e. The molecular weight excluding hydrogens is 257 g/mol. The monoisotopic (exact) mass is 277 g/mol. The van der Waals surface area contributed by atoms with E-state index in [4.69, 9.17) is 4.74 Å². The van der Waals surface area contributed by atoms with Crippen molar-refractivity contribution in [2.75, 3.05) is 20.3 Å². The summed E-state index contributed by atoms with van der Waals surface area (Å²) < 4.78 is 20.3. The minimum absolute atomic E-state index is 0.237. The second-order valence-electron chi connectivity index (χ2n) is 4.78. The lowest BCUT2D eigenvalue weighted by atomic mass is 10.1. The first-order chi connectivity index (χ1) is 9.61. The largest absolute Gasteiger partial charge is 0.383 e. The molecule has 1 N–H and O–H groups in total. The van der Waals surface area contributed by atoms with E-state index >= 15 is 0 Å². The van der Waals surface area contributed by atoms with Crippen molar-refractivity contribution in [3.05, 3.63) is 47.0 Å². The van der Waals surface area contributed by atoms with E-state index in [-0.39, 0.29) is 5.82 Å². The molecule has 1 heterocycles. The zero-order chi connectivity index (χ0) is 14.5. The number of benzene rings is 1. The van der Waals surface area contributed by atoms with Crippen LogP contribution in [0.2, 0.25) is 0 Å². The summed E-state index contributed by atoms with van der Waals surface area (Å²) in [6, 6.07) is 6.78. The average Bonchev–Trinajstić information content (AvgIpc) is 2.74. The number of hydrogen-bond donors (Lipinski definition) is 1. The van der Waals surface area contributed by atoms with Crippen LogP contribution in [0.3, 0.4) is 0 Å². The Balaban J connectivity index is 2.26. The second kappa shape index (κ2) is 6.63. The quantitative estimate of drug-likeness (QED) is 0.824. The van der Waals surface area contributed by atoms with Crippen LogP contribution in [0.4, 0.5) is 4.39 Å². The molecule has 0 radical (unpaired) electrons. The van der Waals surface area contributed by atoms with Gasteiger partial charge >= 0.3 is 0 Å². The average molecular weight is 277 g/mol. The maximum Gasteiger partial charge on any atom is 0.123 e. The number of aromatic nitrogens is 2. The maximum absolute atomic E-state index is 13.5. The molecule has 0 aliphatic rings. The Hall–Kier alpha value is -1.72. The van der Waals surface area contributed by atoms with E-state index in [1.807, 2.05) is 24.6 Å². The summed E-state index contributed by atoms with van der Waals surface area (Å²) in [6.45, 7) is 5.87. The van der Waals surface area contributed by atoms with Crippen LogP contribution in [0.15, 0.2) is 24.3 Å². The molecule has 1 aromatic carbocycles. The number of nitrogens with one attached hydrogen (secondary N) is 1. The van der Waals surface area contributed by atoms with E-state index < -0.39 is 0 Å². The standard InChI is InChI=1S/C15H20FN3O/c1-11-8-12(2)19(18-11)15-5-4-14(16)9-13(15)10-17-6-7-20-3/h4-5,8-9,17H,6-7,10H2,1-3H3. The third-order valence-corrected chi connectivity index (χ3v) is 3.08. The van der Waals surface area contributed by atoms with E-state index in [0.29, 0.717) is 13.2 Å². The van der Waals surface area contributed by atoms with Crippen molar-refractivity contribution in [1.82, 2.24) is 15.1 Å². The summed E-state index contributed by atoms with van der Waals surface area (Å²) in [6.07, 6.45) is 0. The van der Waals surface area contributed by atoms with E-state index in [0.717, 1.165) is 29.2 Å². The molecule has 0 spiro atoms. The normalized spacial score (nSPS) is 11.0. The minimum atomic E-state index is -0.237. The predicted molar refractivity (Wildman–Crippen MR) is 76.6 cm³/mol. The molecule has 0 saturated heterocycles. The van der Waals surface area contributed by atoms with Crippen LogP contribution in [-0.2, 0) is 11.3 Å². The van der Waals surface area contributed by atoms with Gasteiger partial charge in [0.1, 0.15) is 5.82 Å². The van der Waals surface area contributed by atoms with Crippen molar-refractivity contribution in [1.29, 1.82) is 0 Å². The first-order valence-electron chi connectivity index (χ1n) is 6.63. The molecule has 0 fully saturated rings. The molecule has 0 unspecified atom stereocenters. The van der Waals surface area contributed by atoms with Gasteiger partial charge in [-0.25, -0.2) is 9.07 Å². The molecule has 0 amide bonds. The van der Waals surface area contributed by atoms with Gasteiger partial charge in [0.15, 0.2) is 0 Å². The highest BCUT2D eigenvalue weighted by Crippen LogP contribution is 2.18. The molecule has 2 rings (SSSR count). The Bertz CT molecular complexity index is 580. The summed E-state index contributed by atoms with van der Waals surface area (Å²) in [4.78, 5) is 0. The fourth-order valence-corrected chi connectivity index (χ4v) is 2.17. The second-order valence-corrected chi connectivity index (χ2v) is 4.78. The zero-order valence-corrected chi connectivity index (χ0v) is 12.1. The van der Waals surface area contributed by atoms with Gasteiger partial charge in [0.05, 0.1) is 18.0 Å². The van der Waals surface area contributed by atoms with Crippen LogP contribution in [0, 0.1) is 19.7 Å².